The molecule has 2 aromatic carbocycles. The predicted octanol–water partition coefficient (Wildman–Crippen LogP) is 3.73. The fourth-order valence-corrected chi connectivity index (χ4v) is 3.68. The highest BCUT2D eigenvalue weighted by atomic mass is 35.5. The fourth-order valence-electron chi connectivity index (χ4n) is 3.46. The van der Waals surface area contributed by atoms with Crippen molar-refractivity contribution in [3.05, 3.63) is 70.7 Å². The summed E-state index contributed by atoms with van der Waals surface area (Å²) in [6.45, 7) is 3.08. The number of nitrogens with zero attached hydrogens (tertiary/aromatic N) is 1. The fraction of sp³-hybridized carbons (Fsp3) is 0.368. The van der Waals surface area contributed by atoms with Crippen LogP contribution in [0.3, 0.4) is 0 Å². The van der Waals surface area contributed by atoms with Crippen LogP contribution in [0, 0.1) is 5.92 Å². The zero-order valence-corrected chi connectivity index (χ0v) is 13.5. The summed E-state index contributed by atoms with van der Waals surface area (Å²) in [6.07, 6.45) is 2.15. The van der Waals surface area contributed by atoms with Gasteiger partial charge in [0, 0.05) is 30.7 Å². The molecule has 0 aromatic heterocycles. The van der Waals surface area contributed by atoms with Crippen LogP contribution in [-0.2, 0) is 13.0 Å². The van der Waals surface area contributed by atoms with E-state index in [0.717, 1.165) is 37.5 Å². The number of hydrogen-bond donors (Lipinski definition) is 1. The number of nitrogens with two attached hydrogens (primary N) is 1. The quantitative estimate of drug-likeness (QED) is 0.931. The average molecular weight is 315 g/mol. The van der Waals surface area contributed by atoms with Crippen LogP contribution in [0.5, 0.6) is 0 Å². The number of hydrogen-bond acceptors (Lipinski definition) is 2. The maximum atomic E-state index is 6.29. The monoisotopic (exact) mass is 314 g/mol. The lowest BCUT2D eigenvalue weighted by atomic mass is 9.89. The molecule has 1 fully saturated rings. The molecule has 3 heteroatoms. The molecule has 2 aromatic rings. The molecule has 1 heterocycles. The Morgan fingerprint density at radius 1 is 1.00 bits per heavy atom. The predicted molar refractivity (Wildman–Crippen MR) is 93.0 cm³/mol. The minimum absolute atomic E-state index is 0.265. The molecule has 2 atom stereocenters. The summed E-state index contributed by atoms with van der Waals surface area (Å²) in [5.74, 6) is 0.603. The molecule has 1 aliphatic rings. The SMILES string of the molecule is NC1CC(Cc2cccc(Cl)c2)CN(Cc2ccccc2)C1. The second-order valence-corrected chi connectivity index (χ2v) is 6.81. The van der Waals surface area contributed by atoms with E-state index in [2.05, 4.69) is 47.4 Å². The van der Waals surface area contributed by atoms with Gasteiger partial charge in [0.1, 0.15) is 0 Å². The highest BCUT2D eigenvalue weighted by Gasteiger charge is 2.25. The van der Waals surface area contributed by atoms with E-state index in [1.807, 2.05) is 12.1 Å². The van der Waals surface area contributed by atoms with Gasteiger partial charge >= 0.3 is 0 Å². The zero-order chi connectivity index (χ0) is 15.4. The van der Waals surface area contributed by atoms with E-state index in [0.29, 0.717) is 5.92 Å². The van der Waals surface area contributed by atoms with Crippen molar-refractivity contribution in [3.8, 4) is 0 Å². The van der Waals surface area contributed by atoms with Gasteiger partial charge in [0.05, 0.1) is 0 Å². The van der Waals surface area contributed by atoms with Gasteiger partial charge in [-0.3, -0.25) is 4.90 Å². The van der Waals surface area contributed by atoms with Crippen molar-refractivity contribution < 1.29 is 0 Å². The van der Waals surface area contributed by atoms with Crippen molar-refractivity contribution >= 4 is 11.6 Å². The number of benzene rings is 2. The van der Waals surface area contributed by atoms with E-state index in [1.54, 1.807) is 0 Å². The molecule has 2 unspecified atom stereocenters. The molecule has 2 N–H and O–H groups in total. The van der Waals surface area contributed by atoms with Gasteiger partial charge in [-0.25, -0.2) is 0 Å². The molecule has 22 heavy (non-hydrogen) atoms. The summed E-state index contributed by atoms with van der Waals surface area (Å²) in [7, 11) is 0. The third-order valence-corrected chi connectivity index (χ3v) is 4.54. The normalized spacial score (nSPS) is 22.6. The first-order valence-corrected chi connectivity index (χ1v) is 8.33. The van der Waals surface area contributed by atoms with Crippen LogP contribution in [0.25, 0.3) is 0 Å². The Labute approximate surface area is 137 Å². The molecule has 0 spiro atoms. The maximum Gasteiger partial charge on any atom is 0.0408 e. The van der Waals surface area contributed by atoms with Crippen molar-refractivity contribution in [2.45, 2.75) is 25.4 Å². The van der Waals surface area contributed by atoms with Crippen LogP contribution in [0.15, 0.2) is 54.6 Å². The van der Waals surface area contributed by atoms with Gasteiger partial charge in [-0.2, -0.15) is 0 Å². The van der Waals surface area contributed by atoms with Crippen LogP contribution in [0.4, 0.5) is 0 Å². The topological polar surface area (TPSA) is 29.3 Å². The number of piperidine rings is 1. The van der Waals surface area contributed by atoms with Crippen molar-refractivity contribution in [1.82, 2.24) is 4.90 Å². The smallest absolute Gasteiger partial charge is 0.0408 e. The summed E-state index contributed by atoms with van der Waals surface area (Å²) >= 11 is 6.09. The Balaban J connectivity index is 1.63. The molecule has 0 aliphatic carbocycles. The first-order chi connectivity index (χ1) is 10.7. The van der Waals surface area contributed by atoms with Crippen molar-refractivity contribution in [2.75, 3.05) is 13.1 Å². The molecule has 0 saturated carbocycles. The summed E-state index contributed by atoms with van der Waals surface area (Å²) in [5.41, 5.74) is 8.96. The third-order valence-electron chi connectivity index (χ3n) is 4.31. The van der Waals surface area contributed by atoms with Gasteiger partial charge in [0.2, 0.25) is 0 Å². The van der Waals surface area contributed by atoms with Gasteiger partial charge in [-0.15, -0.1) is 0 Å². The van der Waals surface area contributed by atoms with E-state index in [4.69, 9.17) is 17.3 Å². The van der Waals surface area contributed by atoms with Gasteiger partial charge in [0.25, 0.3) is 0 Å². The van der Waals surface area contributed by atoms with E-state index in [9.17, 15) is 0 Å². The standard InChI is InChI=1S/C19H23ClN2/c20-18-8-4-7-16(10-18)9-17-11-19(21)14-22(13-17)12-15-5-2-1-3-6-15/h1-8,10,17,19H,9,11-14,21H2. The first-order valence-electron chi connectivity index (χ1n) is 7.95. The minimum Gasteiger partial charge on any atom is -0.327 e. The molecular formula is C19H23ClN2. The zero-order valence-electron chi connectivity index (χ0n) is 12.8. The second kappa shape index (κ2) is 7.28. The largest absolute Gasteiger partial charge is 0.327 e. The summed E-state index contributed by atoms with van der Waals surface area (Å²) < 4.78 is 0. The average Bonchev–Trinajstić information content (AvgIpc) is 2.47. The highest BCUT2D eigenvalue weighted by molar-refractivity contribution is 6.30. The number of rotatable bonds is 4. The van der Waals surface area contributed by atoms with Crippen LogP contribution >= 0.6 is 11.6 Å². The van der Waals surface area contributed by atoms with Gasteiger partial charge in [0.15, 0.2) is 0 Å². The van der Waals surface area contributed by atoms with E-state index < -0.39 is 0 Å². The Morgan fingerprint density at radius 3 is 2.55 bits per heavy atom. The second-order valence-electron chi connectivity index (χ2n) is 6.38. The molecule has 2 nitrogen and oxygen atoms in total. The molecule has 116 valence electrons. The first kappa shape index (κ1) is 15.5. The molecule has 0 radical (unpaired) electrons. The maximum absolute atomic E-state index is 6.29. The van der Waals surface area contributed by atoms with Gasteiger partial charge in [-0.05, 0) is 42.0 Å². The minimum atomic E-state index is 0.265. The van der Waals surface area contributed by atoms with Crippen molar-refractivity contribution in [3.63, 3.8) is 0 Å². The molecule has 1 saturated heterocycles. The van der Waals surface area contributed by atoms with Gasteiger partial charge < -0.3 is 5.73 Å². The number of likely N-dealkylation sites (tertiary alicyclic amines) is 1. The Kier molecular flexibility index (Phi) is 5.14. The Hall–Kier alpha value is -1.35. The van der Waals surface area contributed by atoms with Crippen LogP contribution < -0.4 is 5.73 Å². The lowest BCUT2D eigenvalue weighted by Gasteiger charge is -2.36. The molecule has 1 aliphatic heterocycles. The Bertz CT molecular complexity index is 599. The van der Waals surface area contributed by atoms with E-state index in [-0.39, 0.29) is 6.04 Å². The molecule has 3 rings (SSSR count). The molecule has 0 bridgehead atoms. The van der Waals surface area contributed by atoms with E-state index in [1.165, 1.54) is 11.1 Å². The highest BCUT2D eigenvalue weighted by Crippen LogP contribution is 2.23. The lowest BCUT2D eigenvalue weighted by molar-refractivity contribution is 0.149. The molecular weight excluding hydrogens is 292 g/mol. The van der Waals surface area contributed by atoms with Crippen LogP contribution in [-0.4, -0.2) is 24.0 Å². The van der Waals surface area contributed by atoms with Crippen molar-refractivity contribution in [2.24, 2.45) is 11.7 Å². The summed E-state index contributed by atoms with van der Waals surface area (Å²) in [4.78, 5) is 2.48. The van der Waals surface area contributed by atoms with Crippen molar-refractivity contribution in [1.29, 1.82) is 0 Å². The van der Waals surface area contributed by atoms with E-state index >= 15 is 0 Å². The van der Waals surface area contributed by atoms with Crippen LogP contribution in [0.1, 0.15) is 17.5 Å². The van der Waals surface area contributed by atoms with Gasteiger partial charge in [-0.1, -0.05) is 54.1 Å². The lowest BCUT2D eigenvalue weighted by Crippen LogP contribution is -2.47. The Morgan fingerprint density at radius 2 is 1.77 bits per heavy atom. The summed E-state index contributed by atoms with van der Waals surface area (Å²) in [6, 6.07) is 19.1. The number of halogens is 1. The molecule has 0 amide bonds. The summed E-state index contributed by atoms with van der Waals surface area (Å²) in [5, 5.41) is 0.818. The van der Waals surface area contributed by atoms with Crippen LogP contribution in [0.2, 0.25) is 5.02 Å². The third kappa shape index (κ3) is 4.33.